The summed E-state index contributed by atoms with van der Waals surface area (Å²) in [4.78, 5) is 15.2. The maximum absolute atomic E-state index is 11.7. The van der Waals surface area contributed by atoms with Gasteiger partial charge in [0.1, 0.15) is 0 Å². The fourth-order valence-electron chi connectivity index (χ4n) is 1.97. The van der Waals surface area contributed by atoms with Gasteiger partial charge in [-0.3, -0.25) is 9.69 Å². The minimum Gasteiger partial charge on any atom is -0.466 e. The van der Waals surface area contributed by atoms with Crippen LogP contribution in [0.3, 0.4) is 0 Å². The Morgan fingerprint density at radius 3 is 2.56 bits per heavy atom. The third-order valence-corrected chi connectivity index (χ3v) is 4.84. The Morgan fingerprint density at radius 1 is 1.44 bits per heavy atom. The van der Waals surface area contributed by atoms with Crippen LogP contribution >= 0.6 is 27.3 Å². The molecular weight excluding hydrogens is 314 g/mol. The Kier molecular flexibility index (Phi) is 6.89. The van der Waals surface area contributed by atoms with Gasteiger partial charge in [-0.15, -0.1) is 11.3 Å². The van der Waals surface area contributed by atoms with E-state index in [0.29, 0.717) is 13.0 Å². The first-order valence-electron chi connectivity index (χ1n) is 6.26. The number of esters is 1. The van der Waals surface area contributed by atoms with Crippen molar-refractivity contribution >= 4 is 33.2 Å². The number of ether oxygens (including phenoxy) is 1. The van der Waals surface area contributed by atoms with E-state index in [-0.39, 0.29) is 12.0 Å². The van der Waals surface area contributed by atoms with Crippen LogP contribution in [0.2, 0.25) is 0 Å². The Labute approximate surface area is 121 Å². The highest BCUT2D eigenvalue weighted by Crippen LogP contribution is 2.34. The van der Waals surface area contributed by atoms with Crippen LogP contribution in [0.15, 0.2) is 15.9 Å². The number of nitrogens with zero attached hydrogens (tertiary/aromatic N) is 1. The first kappa shape index (κ1) is 15.7. The molecule has 0 amide bonds. The number of thiophene rings is 1. The molecule has 0 aliphatic carbocycles. The third kappa shape index (κ3) is 4.07. The molecule has 0 saturated heterocycles. The zero-order valence-corrected chi connectivity index (χ0v) is 13.5. The normalized spacial score (nSPS) is 12.7. The monoisotopic (exact) mass is 333 g/mol. The maximum atomic E-state index is 11.7. The van der Waals surface area contributed by atoms with Gasteiger partial charge < -0.3 is 4.74 Å². The van der Waals surface area contributed by atoms with E-state index in [1.807, 2.05) is 18.4 Å². The van der Waals surface area contributed by atoms with Crippen LogP contribution in [0.1, 0.15) is 38.1 Å². The van der Waals surface area contributed by atoms with Gasteiger partial charge >= 0.3 is 5.97 Å². The lowest BCUT2D eigenvalue weighted by Crippen LogP contribution is -2.30. The van der Waals surface area contributed by atoms with Crippen molar-refractivity contribution < 1.29 is 9.53 Å². The van der Waals surface area contributed by atoms with Crippen molar-refractivity contribution in [3.05, 3.63) is 20.8 Å². The first-order chi connectivity index (χ1) is 8.63. The number of hydrogen-bond donors (Lipinski definition) is 0. The Bertz CT molecular complexity index is 377. The van der Waals surface area contributed by atoms with Crippen molar-refractivity contribution in [2.75, 3.05) is 19.7 Å². The van der Waals surface area contributed by atoms with Gasteiger partial charge in [-0.2, -0.15) is 0 Å². The molecule has 5 heteroatoms. The van der Waals surface area contributed by atoms with E-state index in [4.69, 9.17) is 4.74 Å². The Morgan fingerprint density at radius 2 is 2.11 bits per heavy atom. The Balaban J connectivity index is 2.88. The SMILES string of the molecule is CCOC(=O)CC(c1sccc1Br)N(CC)CC. The fourth-order valence-corrected chi connectivity index (χ4v) is 3.75. The standard InChI is InChI=1S/C13H20BrNO2S/c1-4-15(5-2)11(9-12(16)17-6-3)13-10(14)7-8-18-13/h7-8,11H,4-6,9H2,1-3H3. The summed E-state index contributed by atoms with van der Waals surface area (Å²) in [6.45, 7) is 8.35. The molecule has 0 N–H and O–H groups in total. The van der Waals surface area contributed by atoms with Crippen LogP contribution in [-0.4, -0.2) is 30.6 Å². The lowest BCUT2D eigenvalue weighted by molar-refractivity contribution is -0.144. The molecule has 1 aromatic heterocycles. The van der Waals surface area contributed by atoms with Crippen molar-refractivity contribution in [2.45, 2.75) is 33.2 Å². The number of carbonyl (C=O) groups excluding carboxylic acids is 1. The summed E-state index contributed by atoms with van der Waals surface area (Å²) in [6, 6.07) is 2.13. The summed E-state index contributed by atoms with van der Waals surface area (Å²) >= 11 is 5.23. The average Bonchev–Trinajstić information content (AvgIpc) is 2.76. The maximum Gasteiger partial charge on any atom is 0.307 e. The van der Waals surface area contributed by atoms with Crippen molar-refractivity contribution in [1.82, 2.24) is 4.90 Å². The minimum atomic E-state index is -0.130. The van der Waals surface area contributed by atoms with Gasteiger partial charge in [0.15, 0.2) is 0 Å². The van der Waals surface area contributed by atoms with Gasteiger partial charge in [-0.25, -0.2) is 0 Å². The Hall–Kier alpha value is -0.390. The molecular formula is C13H20BrNO2S. The van der Waals surface area contributed by atoms with E-state index in [9.17, 15) is 4.79 Å². The lowest BCUT2D eigenvalue weighted by atomic mass is 10.1. The summed E-state index contributed by atoms with van der Waals surface area (Å²) in [5.74, 6) is -0.130. The summed E-state index contributed by atoms with van der Waals surface area (Å²) in [5.41, 5.74) is 0. The smallest absolute Gasteiger partial charge is 0.307 e. The predicted molar refractivity (Wildman–Crippen MR) is 78.9 cm³/mol. The second-order valence-electron chi connectivity index (χ2n) is 3.88. The fraction of sp³-hybridized carbons (Fsp3) is 0.615. The molecule has 0 aliphatic rings. The number of halogens is 1. The van der Waals surface area contributed by atoms with Gasteiger partial charge in [-0.1, -0.05) is 13.8 Å². The van der Waals surface area contributed by atoms with E-state index in [1.54, 1.807) is 11.3 Å². The second kappa shape index (κ2) is 7.92. The van der Waals surface area contributed by atoms with Crippen molar-refractivity contribution in [2.24, 2.45) is 0 Å². The molecule has 1 unspecified atom stereocenters. The number of rotatable bonds is 7. The van der Waals surface area contributed by atoms with Crippen LogP contribution in [-0.2, 0) is 9.53 Å². The zero-order valence-electron chi connectivity index (χ0n) is 11.1. The van der Waals surface area contributed by atoms with Crippen LogP contribution in [0.5, 0.6) is 0 Å². The highest BCUT2D eigenvalue weighted by molar-refractivity contribution is 9.10. The van der Waals surface area contributed by atoms with Gasteiger partial charge in [0.25, 0.3) is 0 Å². The topological polar surface area (TPSA) is 29.5 Å². The zero-order chi connectivity index (χ0) is 13.5. The van der Waals surface area contributed by atoms with Crippen molar-refractivity contribution in [1.29, 1.82) is 0 Å². The van der Waals surface area contributed by atoms with E-state index in [2.05, 4.69) is 34.7 Å². The average molecular weight is 334 g/mol. The summed E-state index contributed by atoms with van der Waals surface area (Å²) < 4.78 is 6.15. The van der Waals surface area contributed by atoms with Gasteiger partial charge in [-0.05, 0) is 47.4 Å². The first-order valence-corrected chi connectivity index (χ1v) is 7.93. The predicted octanol–water partition coefficient (Wildman–Crippen LogP) is 3.85. The van der Waals surface area contributed by atoms with Crippen molar-refractivity contribution in [3.63, 3.8) is 0 Å². The molecule has 0 spiro atoms. The molecule has 1 atom stereocenters. The van der Waals surface area contributed by atoms with Crippen LogP contribution < -0.4 is 0 Å². The molecule has 102 valence electrons. The van der Waals surface area contributed by atoms with Crippen LogP contribution in [0.25, 0.3) is 0 Å². The molecule has 0 saturated carbocycles. The van der Waals surface area contributed by atoms with Crippen molar-refractivity contribution in [3.8, 4) is 0 Å². The van der Waals surface area contributed by atoms with Crippen LogP contribution in [0.4, 0.5) is 0 Å². The third-order valence-electron chi connectivity index (χ3n) is 2.87. The van der Waals surface area contributed by atoms with E-state index in [1.165, 1.54) is 4.88 Å². The molecule has 1 aromatic rings. The highest BCUT2D eigenvalue weighted by atomic mass is 79.9. The van der Waals surface area contributed by atoms with Gasteiger partial charge in [0.05, 0.1) is 19.1 Å². The highest BCUT2D eigenvalue weighted by Gasteiger charge is 2.24. The molecule has 0 bridgehead atoms. The number of carbonyl (C=O) groups is 1. The largest absolute Gasteiger partial charge is 0.466 e. The second-order valence-corrected chi connectivity index (χ2v) is 5.68. The van der Waals surface area contributed by atoms with Gasteiger partial charge in [0.2, 0.25) is 0 Å². The quantitative estimate of drug-likeness (QED) is 0.710. The molecule has 0 aliphatic heterocycles. The molecule has 0 radical (unpaired) electrons. The minimum absolute atomic E-state index is 0.105. The molecule has 1 rings (SSSR count). The lowest BCUT2D eigenvalue weighted by Gasteiger charge is -2.28. The summed E-state index contributed by atoms with van der Waals surface area (Å²) in [6.07, 6.45) is 0.411. The molecule has 0 fully saturated rings. The molecule has 0 aromatic carbocycles. The van der Waals surface area contributed by atoms with E-state index < -0.39 is 0 Å². The molecule has 1 heterocycles. The summed E-state index contributed by atoms with van der Waals surface area (Å²) in [7, 11) is 0. The molecule has 3 nitrogen and oxygen atoms in total. The number of hydrogen-bond acceptors (Lipinski definition) is 4. The van der Waals surface area contributed by atoms with Gasteiger partial charge in [0, 0.05) is 9.35 Å². The van der Waals surface area contributed by atoms with E-state index >= 15 is 0 Å². The summed E-state index contributed by atoms with van der Waals surface area (Å²) in [5, 5.41) is 2.04. The van der Waals surface area contributed by atoms with E-state index in [0.717, 1.165) is 17.6 Å². The molecule has 18 heavy (non-hydrogen) atoms. The van der Waals surface area contributed by atoms with Crippen LogP contribution in [0, 0.1) is 0 Å².